The molecule has 1 nitrogen and oxygen atoms in total. The van der Waals surface area contributed by atoms with Gasteiger partial charge in [0.25, 0.3) is 0 Å². The molecule has 0 saturated carbocycles. The highest BCUT2D eigenvalue weighted by Crippen LogP contribution is 2.12. The molecule has 50 valence electrons. The molecule has 0 fully saturated rings. The highest BCUT2D eigenvalue weighted by molar-refractivity contribution is 4.56. The average Bonchev–Trinajstić information content (AvgIpc) is 1.84. The molecule has 2 atom stereocenters. The molecule has 1 N–H and O–H groups in total. The minimum Gasteiger partial charge on any atom is -0.396 e. The third-order valence-electron chi connectivity index (χ3n) is 1.90. The first-order chi connectivity index (χ1) is 3.72. The Labute approximate surface area is 51.7 Å². The summed E-state index contributed by atoms with van der Waals surface area (Å²) in [5.74, 6) is 1.14. The Bertz CT molecular complexity index is 44.3. The Balaban J connectivity index is 3.29. The highest BCUT2D eigenvalue weighted by Gasteiger charge is 2.06. The molecule has 1 unspecified atom stereocenters. The summed E-state index contributed by atoms with van der Waals surface area (Å²) < 4.78 is 0. The quantitative estimate of drug-likeness (QED) is 0.594. The van der Waals surface area contributed by atoms with Gasteiger partial charge in [-0.2, -0.15) is 0 Å². The number of hydrogen-bond donors (Lipinski definition) is 1. The maximum atomic E-state index is 8.64. The molecule has 0 aliphatic carbocycles. The molecule has 1 heteroatoms. The standard InChI is InChI=1S/C7H16O/c1-4-6(2)7(3)5-8/h6-8H,4-5H2,1-3H3/t6?,7-/m1/s1. The molecule has 0 spiro atoms. The third-order valence-corrected chi connectivity index (χ3v) is 1.90. The van der Waals surface area contributed by atoms with Gasteiger partial charge in [0.05, 0.1) is 0 Å². The van der Waals surface area contributed by atoms with Gasteiger partial charge >= 0.3 is 0 Å². The summed E-state index contributed by atoms with van der Waals surface area (Å²) in [6.45, 7) is 6.72. The van der Waals surface area contributed by atoms with Crippen LogP contribution in [0.2, 0.25) is 0 Å². The first kappa shape index (κ1) is 7.96. The smallest absolute Gasteiger partial charge is 0.0459 e. The number of aliphatic hydroxyl groups is 1. The first-order valence-corrected chi connectivity index (χ1v) is 3.33. The van der Waals surface area contributed by atoms with Crippen LogP contribution in [-0.2, 0) is 0 Å². The zero-order valence-electron chi connectivity index (χ0n) is 6.02. The van der Waals surface area contributed by atoms with E-state index in [1.165, 1.54) is 6.42 Å². The van der Waals surface area contributed by atoms with Gasteiger partial charge in [-0.05, 0) is 11.8 Å². The van der Waals surface area contributed by atoms with E-state index in [9.17, 15) is 0 Å². The van der Waals surface area contributed by atoms with Gasteiger partial charge in [-0.15, -0.1) is 0 Å². The van der Waals surface area contributed by atoms with E-state index in [1.807, 2.05) is 0 Å². The van der Waals surface area contributed by atoms with Crippen molar-refractivity contribution in [3.05, 3.63) is 0 Å². The summed E-state index contributed by atoms with van der Waals surface area (Å²) in [4.78, 5) is 0. The van der Waals surface area contributed by atoms with Crippen molar-refractivity contribution in [2.45, 2.75) is 27.2 Å². The van der Waals surface area contributed by atoms with Crippen molar-refractivity contribution in [1.29, 1.82) is 0 Å². The van der Waals surface area contributed by atoms with Crippen molar-refractivity contribution >= 4 is 0 Å². The van der Waals surface area contributed by atoms with Crippen LogP contribution in [0.1, 0.15) is 27.2 Å². The van der Waals surface area contributed by atoms with Crippen LogP contribution in [0.15, 0.2) is 0 Å². The maximum absolute atomic E-state index is 8.64. The Morgan fingerprint density at radius 3 is 1.88 bits per heavy atom. The van der Waals surface area contributed by atoms with E-state index in [0.717, 1.165) is 0 Å². The lowest BCUT2D eigenvalue weighted by Crippen LogP contribution is -2.10. The first-order valence-electron chi connectivity index (χ1n) is 3.33. The van der Waals surface area contributed by atoms with Crippen molar-refractivity contribution in [2.24, 2.45) is 11.8 Å². The van der Waals surface area contributed by atoms with E-state index in [2.05, 4.69) is 20.8 Å². The van der Waals surface area contributed by atoms with Crippen LogP contribution in [0.5, 0.6) is 0 Å². The van der Waals surface area contributed by atoms with Gasteiger partial charge in [-0.3, -0.25) is 0 Å². The van der Waals surface area contributed by atoms with E-state index < -0.39 is 0 Å². The fourth-order valence-electron chi connectivity index (χ4n) is 0.582. The molecule has 0 aliphatic rings. The van der Waals surface area contributed by atoms with Crippen LogP contribution >= 0.6 is 0 Å². The topological polar surface area (TPSA) is 20.2 Å². The zero-order chi connectivity index (χ0) is 6.57. The number of rotatable bonds is 3. The van der Waals surface area contributed by atoms with Crippen molar-refractivity contribution in [2.75, 3.05) is 6.61 Å². The monoisotopic (exact) mass is 116 g/mol. The molecule has 0 aromatic heterocycles. The lowest BCUT2D eigenvalue weighted by Gasteiger charge is -2.13. The summed E-state index contributed by atoms with van der Waals surface area (Å²) in [5.41, 5.74) is 0. The molecular formula is C7H16O. The average molecular weight is 116 g/mol. The second-order valence-electron chi connectivity index (χ2n) is 2.55. The molecule has 0 saturated heterocycles. The molecular weight excluding hydrogens is 100 g/mol. The summed E-state index contributed by atoms with van der Waals surface area (Å²) in [7, 11) is 0. The van der Waals surface area contributed by atoms with Gasteiger partial charge in [0.2, 0.25) is 0 Å². The van der Waals surface area contributed by atoms with Crippen molar-refractivity contribution in [1.82, 2.24) is 0 Å². The molecule has 0 heterocycles. The lowest BCUT2D eigenvalue weighted by atomic mass is 9.95. The van der Waals surface area contributed by atoms with Crippen LogP contribution in [0, 0.1) is 11.8 Å². The van der Waals surface area contributed by atoms with Crippen molar-refractivity contribution in [3.63, 3.8) is 0 Å². The Hall–Kier alpha value is -0.0400. The fraction of sp³-hybridized carbons (Fsp3) is 1.00. The maximum Gasteiger partial charge on any atom is 0.0459 e. The normalized spacial score (nSPS) is 18.0. The molecule has 0 amide bonds. The molecule has 0 aliphatic heterocycles. The molecule has 0 bridgehead atoms. The van der Waals surface area contributed by atoms with Crippen LogP contribution in [0.25, 0.3) is 0 Å². The van der Waals surface area contributed by atoms with E-state index in [-0.39, 0.29) is 0 Å². The van der Waals surface area contributed by atoms with Crippen molar-refractivity contribution < 1.29 is 5.11 Å². The predicted molar refractivity (Wildman–Crippen MR) is 35.7 cm³/mol. The van der Waals surface area contributed by atoms with E-state index >= 15 is 0 Å². The number of hydrogen-bond acceptors (Lipinski definition) is 1. The summed E-state index contributed by atoms with van der Waals surface area (Å²) in [5, 5.41) is 8.64. The van der Waals surface area contributed by atoms with Gasteiger partial charge in [0.1, 0.15) is 0 Å². The summed E-state index contributed by atoms with van der Waals surface area (Å²) in [6.07, 6.45) is 1.17. The van der Waals surface area contributed by atoms with Gasteiger partial charge in [0, 0.05) is 6.61 Å². The fourth-order valence-corrected chi connectivity index (χ4v) is 0.582. The van der Waals surface area contributed by atoms with Crippen molar-refractivity contribution in [3.8, 4) is 0 Å². The SMILES string of the molecule is CCC(C)[C@H](C)CO. The zero-order valence-corrected chi connectivity index (χ0v) is 6.02. The van der Waals surface area contributed by atoms with Crippen LogP contribution < -0.4 is 0 Å². The van der Waals surface area contributed by atoms with E-state index in [0.29, 0.717) is 18.4 Å². The molecule has 8 heavy (non-hydrogen) atoms. The van der Waals surface area contributed by atoms with E-state index in [1.54, 1.807) is 0 Å². The molecule has 0 radical (unpaired) electrons. The Kier molecular flexibility index (Phi) is 3.88. The van der Waals surface area contributed by atoms with Gasteiger partial charge in [-0.1, -0.05) is 27.2 Å². The van der Waals surface area contributed by atoms with Crippen LogP contribution in [0.3, 0.4) is 0 Å². The third kappa shape index (κ3) is 2.31. The molecule has 0 rings (SSSR count). The summed E-state index contributed by atoms with van der Waals surface area (Å²) >= 11 is 0. The van der Waals surface area contributed by atoms with Gasteiger partial charge in [0.15, 0.2) is 0 Å². The van der Waals surface area contributed by atoms with Gasteiger partial charge in [-0.25, -0.2) is 0 Å². The summed E-state index contributed by atoms with van der Waals surface area (Å²) in [6, 6.07) is 0. The van der Waals surface area contributed by atoms with E-state index in [4.69, 9.17) is 5.11 Å². The minimum atomic E-state index is 0.328. The minimum absolute atomic E-state index is 0.328. The number of aliphatic hydroxyl groups excluding tert-OH is 1. The molecule has 0 aromatic carbocycles. The Morgan fingerprint density at radius 1 is 1.25 bits per heavy atom. The molecule has 0 aromatic rings. The highest BCUT2D eigenvalue weighted by atomic mass is 16.3. The van der Waals surface area contributed by atoms with Gasteiger partial charge < -0.3 is 5.11 Å². The second kappa shape index (κ2) is 3.90. The predicted octanol–water partition coefficient (Wildman–Crippen LogP) is 1.66. The Morgan fingerprint density at radius 2 is 1.75 bits per heavy atom. The lowest BCUT2D eigenvalue weighted by molar-refractivity contribution is 0.193. The second-order valence-corrected chi connectivity index (χ2v) is 2.55. The van der Waals surface area contributed by atoms with Crippen LogP contribution in [0.4, 0.5) is 0 Å². The largest absolute Gasteiger partial charge is 0.396 e. The van der Waals surface area contributed by atoms with Crippen LogP contribution in [-0.4, -0.2) is 11.7 Å².